The molecule has 0 heterocycles. The van der Waals surface area contributed by atoms with Crippen molar-refractivity contribution >= 4 is 11.7 Å². The predicted molar refractivity (Wildman–Crippen MR) is 55.0 cm³/mol. The summed E-state index contributed by atoms with van der Waals surface area (Å²) in [6.45, 7) is 0.0634. The lowest BCUT2D eigenvalue weighted by Crippen LogP contribution is -2.09. The molecule has 1 aromatic carbocycles. The van der Waals surface area contributed by atoms with Gasteiger partial charge in [-0.3, -0.25) is 0 Å². The van der Waals surface area contributed by atoms with Gasteiger partial charge in [-0.2, -0.15) is 0 Å². The number of benzene rings is 1. The summed E-state index contributed by atoms with van der Waals surface area (Å²) in [4.78, 5) is 11.0. The van der Waals surface area contributed by atoms with E-state index in [9.17, 15) is 13.6 Å². The fraction of sp³-hybridized carbons (Fsp3) is 0.182. The molecule has 0 amide bonds. The predicted octanol–water partition coefficient (Wildman–Crippen LogP) is 1.80. The molecule has 0 radical (unpaired) electrons. The first-order chi connectivity index (χ1) is 7.61. The third kappa shape index (κ3) is 2.28. The number of carbonyl (C=O) groups excluding carboxylic acids is 1. The zero-order chi connectivity index (χ0) is 12.1. The molecule has 0 spiro atoms. The Morgan fingerprint density at radius 1 is 1.50 bits per heavy atom. The largest absolute Gasteiger partial charge is 0.465 e. The minimum atomic E-state index is -1.26. The maximum atomic E-state index is 13.4. The van der Waals surface area contributed by atoms with E-state index in [1.54, 1.807) is 0 Å². The first kappa shape index (κ1) is 12.0. The van der Waals surface area contributed by atoms with E-state index in [1.165, 1.54) is 6.07 Å². The molecule has 0 saturated carbocycles. The van der Waals surface area contributed by atoms with Crippen LogP contribution >= 0.6 is 0 Å². The molecule has 0 saturated heterocycles. The molecule has 1 N–H and O–H groups in total. The Hall–Kier alpha value is -2.09. The standard InChI is InChI=1S/C11H9F2NO2/c1-3-6-14-8-5-4-7(11(15)16-2)9(12)10(8)13/h1,4-5,14H,6H2,2H3. The lowest BCUT2D eigenvalue weighted by molar-refractivity contribution is 0.0594. The molecule has 0 bridgehead atoms. The SMILES string of the molecule is C#CCNc1ccc(C(=O)OC)c(F)c1F. The van der Waals surface area contributed by atoms with Crippen LogP contribution in [-0.4, -0.2) is 19.6 Å². The van der Waals surface area contributed by atoms with Crippen LogP contribution in [-0.2, 0) is 4.74 Å². The fourth-order valence-corrected chi connectivity index (χ4v) is 1.10. The van der Waals surface area contributed by atoms with Gasteiger partial charge in [0, 0.05) is 0 Å². The van der Waals surface area contributed by atoms with Crippen LogP contribution in [0.25, 0.3) is 0 Å². The molecule has 0 fully saturated rings. The van der Waals surface area contributed by atoms with Crippen LogP contribution in [0.15, 0.2) is 12.1 Å². The first-order valence-electron chi connectivity index (χ1n) is 4.35. The summed E-state index contributed by atoms with van der Waals surface area (Å²) < 4.78 is 31.0. The highest BCUT2D eigenvalue weighted by Crippen LogP contribution is 2.20. The molecule has 0 aliphatic heterocycles. The number of methoxy groups -OCH3 is 1. The fourth-order valence-electron chi connectivity index (χ4n) is 1.10. The first-order valence-corrected chi connectivity index (χ1v) is 4.35. The number of anilines is 1. The number of halogens is 2. The van der Waals surface area contributed by atoms with Crippen LogP contribution < -0.4 is 5.32 Å². The van der Waals surface area contributed by atoms with Crippen molar-refractivity contribution in [3.8, 4) is 12.3 Å². The number of terminal acetylenes is 1. The Bertz CT molecular complexity index is 452. The second-order valence-corrected chi connectivity index (χ2v) is 2.84. The summed E-state index contributed by atoms with van der Waals surface area (Å²) >= 11 is 0. The topological polar surface area (TPSA) is 38.3 Å². The van der Waals surface area contributed by atoms with Gasteiger partial charge in [-0.15, -0.1) is 6.42 Å². The van der Waals surface area contributed by atoms with Gasteiger partial charge in [-0.1, -0.05) is 5.92 Å². The van der Waals surface area contributed by atoms with Gasteiger partial charge in [0.15, 0.2) is 11.6 Å². The van der Waals surface area contributed by atoms with Crippen molar-refractivity contribution in [2.45, 2.75) is 0 Å². The third-order valence-electron chi connectivity index (χ3n) is 1.87. The van der Waals surface area contributed by atoms with Gasteiger partial charge in [0.25, 0.3) is 0 Å². The van der Waals surface area contributed by atoms with E-state index in [0.717, 1.165) is 13.2 Å². The maximum absolute atomic E-state index is 13.4. The molecular weight excluding hydrogens is 216 g/mol. The summed E-state index contributed by atoms with van der Waals surface area (Å²) in [5, 5.41) is 2.48. The quantitative estimate of drug-likeness (QED) is 0.629. The molecule has 0 unspecified atom stereocenters. The zero-order valence-corrected chi connectivity index (χ0v) is 8.51. The molecule has 0 aliphatic carbocycles. The Balaban J connectivity index is 3.09. The average molecular weight is 225 g/mol. The van der Waals surface area contributed by atoms with E-state index in [0.29, 0.717) is 0 Å². The molecule has 0 atom stereocenters. The van der Waals surface area contributed by atoms with Gasteiger partial charge < -0.3 is 10.1 Å². The molecule has 16 heavy (non-hydrogen) atoms. The number of ether oxygens (including phenoxy) is 1. The van der Waals surface area contributed by atoms with Gasteiger partial charge in [-0.25, -0.2) is 13.6 Å². The Kier molecular flexibility index (Phi) is 3.84. The van der Waals surface area contributed by atoms with E-state index in [4.69, 9.17) is 6.42 Å². The Labute approximate surface area is 91.4 Å². The summed E-state index contributed by atoms with van der Waals surface area (Å²) in [6, 6.07) is 2.35. The van der Waals surface area contributed by atoms with Crippen molar-refractivity contribution in [2.75, 3.05) is 19.0 Å². The summed E-state index contributed by atoms with van der Waals surface area (Å²) in [7, 11) is 1.09. The highest BCUT2D eigenvalue weighted by atomic mass is 19.2. The van der Waals surface area contributed by atoms with Crippen LogP contribution in [0.1, 0.15) is 10.4 Å². The molecule has 0 aromatic heterocycles. The van der Waals surface area contributed by atoms with E-state index in [1.807, 2.05) is 0 Å². The number of esters is 1. The summed E-state index contributed by atoms with van der Waals surface area (Å²) in [5.41, 5.74) is -0.547. The summed E-state index contributed by atoms with van der Waals surface area (Å²) in [5.74, 6) is -1.12. The Morgan fingerprint density at radius 3 is 2.75 bits per heavy atom. The zero-order valence-electron chi connectivity index (χ0n) is 8.51. The van der Waals surface area contributed by atoms with Crippen molar-refractivity contribution in [3.63, 3.8) is 0 Å². The van der Waals surface area contributed by atoms with Gasteiger partial charge in [-0.05, 0) is 12.1 Å². The third-order valence-corrected chi connectivity index (χ3v) is 1.87. The van der Waals surface area contributed by atoms with Crippen LogP contribution in [0.5, 0.6) is 0 Å². The molecule has 1 rings (SSSR count). The monoisotopic (exact) mass is 225 g/mol. The Morgan fingerprint density at radius 2 is 2.19 bits per heavy atom. The normalized spacial score (nSPS) is 9.38. The maximum Gasteiger partial charge on any atom is 0.340 e. The van der Waals surface area contributed by atoms with Crippen molar-refractivity contribution in [1.82, 2.24) is 0 Å². The van der Waals surface area contributed by atoms with E-state index in [2.05, 4.69) is 16.0 Å². The highest BCUT2D eigenvalue weighted by Gasteiger charge is 2.18. The minimum absolute atomic E-state index is 0.0634. The molecule has 0 aliphatic rings. The van der Waals surface area contributed by atoms with E-state index < -0.39 is 23.2 Å². The number of hydrogen-bond donors (Lipinski definition) is 1. The second-order valence-electron chi connectivity index (χ2n) is 2.84. The number of rotatable bonds is 3. The van der Waals surface area contributed by atoms with Crippen LogP contribution in [0.2, 0.25) is 0 Å². The number of carbonyl (C=O) groups is 1. The van der Waals surface area contributed by atoms with Gasteiger partial charge >= 0.3 is 5.97 Å². The van der Waals surface area contributed by atoms with Crippen LogP contribution in [0, 0.1) is 24.0 Å². The molecule has 84 valence electrons. The van der Waals surface area contributed by atoms with Crippen LogP contribution in [0.3, 0.4) is 0 Å². The van der Waals surface area contributed by atoms with Crippen LogP contribution in [0.4, 0.5) is 14.5 Å². The molecule has 3 nitrogen and oxygen atoms in total. The van der Waals surface area contributed by atoms with Gasteiger partial charge in [0.05, 0.1) is 24.9 Å². The molecule has 1 aromatic rings. The van der Waals surface area contributed by atoms with Crippen molar-refractivity contribution in [3.05, 3.63) is 29.3 Å². The second kappa shape index (κ2) is 5.12. The molecular formula is C11H9F2NO2. The highest BCUT2D eigenvalue weighted by molar-refractivity contribution is 5.90. The summed E-state index contributed by atoms with van der Waals surface area (Å²) in [6.07, 6.45) is 4.96. The van der Waals surface area contributed by atoms with Crippen molar-refractivity contribution < 1.29 is 18.3 Å². The van der Waals surface area contributed by atoms with Gasteiger partial charge in [0.2, 0.25) is 0 Å². The van der Waals surface area contributed by atoms with E-state index >= 15 is 0 Å². The average Bonchev–Trinajstić information content (AvgIpc) is 2.30. The number of nitrogens with one attached hydrogen (secondary N) is 1. The van der Waals surface area contributed by atoms with Crippen molar-refractivity contribution in [1.29, 1.82) is 0 Å². The number of hydrogen-bond acceptors (Lipinski definition) is 3. The van der Waals surface area contributed by atoms with Gasteiger partial charge in [0.1, 0.15) is 0 Å². The minimum Gasteiger partial charge on any atom is -0.465 e. The van der Waals surface area contributed by atoms with Crippen molar-refractivity contribution in [2.24, 2.45) is 0 Å². The lowest BCUT2D eigenvalue weighted by Gasteiger charge is -2.07. The molecule has 5 heteroatoms. The lowest BCUT2D eigenvalue weighted by atomic mass is 10.2. The van der Waals surface area contributed by atoms with E-state index in [-0.39, 0.29) is 12.2 Å². The smallest absolute Gasteiger partial charge is 0.340 e.